The molecule has 8 nitrogen and oxygen atoms in total. The van der Waals surface area contributed by atoms with Crippen molar-refractivity contribution in [3.8, 4) is 0 Å². The van der Waals surface area contributed by atoms with Gasteiger partial charge >= 0.3 is 0 Å². The molecule has 1 aliphatic rings. The second-order valence-corrected chi connectivity index (χ2v) is 10.1. The van der Waals surface area contributed by atoms with Gasteiger partial charge in [-0.1, -0.05) is 17.3 Å². The number of aromatic nitrogens is 1. The van der Waals surface area contributed by atoms with Crippen molar-refractivity contribution in [2.45, 2.75) is 38.5 Å². The molecule has 168 valence electrons. The molecule has 0 aliphatic carbocycles. The van der Waals surface area contributed by atoms with Crippen molar-refractivity contribution in [3.05, 3.63) is 47.0 Å². The van der Waals surface area contributed by atoms with Gasteiger partial charge in [0.05, 0.1) is 5.92 Å². The molecule has 1 aromatic carbocycles. The van der Waals surface area contributed by atoms with E-state index in [4.69, 9.17) is 4.52 Å². The lowest BCUT2D eigenvalue weighted by molar-refractivity contribution is -0.120. The summed E-state index contributed by atoms with van der Waals surface area (Å²) in [5, 5.41) is 6.83. The molecule has 9 heteroatoms. The topological polar surface area (TPSA) is 95.8 Å². The minimum atomic E-state index is -3.85. The van der Waals surface area contributed by atoms with Gasteiger partial charge in [-0.15, -0.1) is 0 Å². The molecule has 0 spiro atoms. The third-order valence-corrected chi connectivity index (χ3v) is 7.39. The second kappa shape index (κ2) is 9.23. The van der Waals surface area contributed by atoms with Crippen LogP contribution in [0, 0.1) is 26.7 Å². The van der Waals surface area contributed by atoms with Crippen molar-refractivity contribution in [1.82, 2.24) is 14.4 Å². The minimum absolute atomic E-state index is 0.0567. The van der Waals surface area contributed by atoms with Gasteiger partial charge in [0.15, 0.2) is 10.7 Å². The van der Waals surface area contributed by atoms with Crippen LogP contribution in [-0.2, 0) is 14.8 Å². The molecule has 1 N–H and O–H groups in total. The van der Waals surface area contributed by atoms with Gasteiger partial charge in [0, 0.05) is 45.1 Å². The van der Waals surface area contributed by atoms with Crippen LogP contribution in [0.1, 0.15) is 35.4 Å². The lowest BCUT2D eigenvalue weighted by atomic mass is 9.98. The monoisotopic (exact) mass is 446 g/mol. The fourth-order valence-electron chi connectivity index (χ4n) is 3.62. The SMILES string of the molecule is Cc1ccc(C)c(NC(=O)[C@H]2CCCN(S(=O)(=O)c3c(C)noc3/C=C/N(C)C)C2)c1. The molecule has 0 radical (unpaired) electrons. The molecule has 1 amide bonds. The number of aryl methyl sites for hydroxylation is 3. The van der Waals surface area contributed by atoms with Gasteiger partial charge in [-0.2, -0.15) is 4.31 Å². The Hall–Kier alpha value is -2.65. The number of nitrogens with one attached hydrogen (secondary N) is 1. The Kier molecular flexibility index (Phi) is 6.86. The van der Waals surface area contributed by atoms with Crippen LogP contribution >= 0.6 is 0 Å². The van der Waals surface area contributed by atoms with Crippen LogP contribution in [-0.4, -0.2) is 55.9 Å². The van der Waals surface area contributed by atoms with Gasteiger partial charge in [0.2, 0.25) is 15.9 Å². The number of sulfonamides is 1. The summed E-state index contributed by atoms with van der Waals surface area (Å²) >= 11 is 0. The van der Waals surface area contributed by atoms with E-state index in [1.807, 2.05) is 46.1 Å². The summed E-state index contributed by atoms with van der Waals surface area (Å²) in [6, 6.07) is 5.87. The minimum Gasteiger partial charge on any atom is -0.383 e. The van der Waals surface area contributed by atoms with E-state index in [9.17, 15) is 13.2 Å². The first-order valence-electron chi connectivity index (χ1n) is 10.3. The lowest BCUT2D eigenvalue weighted by Crippen LogP contribution is -2.44. The highest BCUT2D eigenvalue weighted by Crippen LogP contribution is 2.29. The summed E-state index contributed by atoms with van der Waals surface area (Å²) in [6.45, 7) is 5.99. The summed E-state index contributed by atoms with van der Waals surface area (Å²) in [4.78, 5) is 14.8. The van der Waals surface area contributed by atoms with E-state index in [1.54, 1.807) is 24.1 Å². The average molecular weight is 447 g/mol. The van der Waals surface area contributed by atoms with Crippen LogP contribution in [0.4, 0.5) is 5.69 Å². The normalized spacial score (nSPS) is 17.8. The Morgan fingerprint density at radius 3 is 2.74 bits per heavy atom. The van der Waals surface area contributed by atoms with Crippen LogP contribution < -0.4 is 5.32 Å². The maximum absolute atomic E-state index is 13.4. The van der Waals surface area contributed by atoms with Gasteiger partial charge in [-0.05, 0) is 50.8 Å². The van der Waals surface area contributed by atoms with E-state index >= 15 is 0 Å². The number of carbonyl (C=O) groups is 1. The summed E-state index contributed by atoms with van der Waals surface area (Å²) in [7, 11) is -0.193. The number of rotatable bonds is 6. The Bertz CT molecular complexity index is 1090. The molecular weight excluding hydrogens is 416 g/mol. The summed E-state index contributed by atoms with van der Waals surface area (Å²) in [6.07, 6.45) is 4.53. The Labute approximate surface area is 183 Å². The third kappa shape index (κ3) is 5.16. The molecule has 0 unspecified atom stereocenters. The van der Waals surface area contributed by atoms with Crippen molar-refractivity contribution < 1.29 is 17.7 Å². The summed E-state index contributed by atoms with van der Waals surface area (Å²) < 4.78 is 33.4. The van der Waals surface area contributed by atoms with E-state index in [0.717, 1.165) is 16.8 Å². The number of benzene rings is 1. The lowest BCUT2D eigenvalue weighted by Gasteiger charge is -2.31. The predicted octanol–water partition coefficient (Wildman–Crippen LogP) is 3.17. The summed E-state index contributed by atoms with van der Waals surface area (Å²) in [5.74, 6) is -0.402. The van der Waals surface area contributed by atoms with E-state index in [1.165, 1.54) is 4.31 Å². The van der Waals surface area contributed by atoms with E-state index in [2.05, 4.69) is 10.5 Å². The molecule has 1 atom stereocenters. The number of carbonyl (C=O) groups excluding carboxylic acids is 1. The number of hydrogen-bond acceptors (Lipinski definition) is 6. The van der Waals surface area contributed by atoms with Crippen molar-refractivity contribution in [2.75, 3.05) is 32.5 Å². The predicted molar refractivity (Wildman–Crippen MR) is 120 cm³/mol. The Morgan fingerprint density at radius 2 is 2.03 bits per heavy atom. The van der Waals surface area contributed by atoms with Crippen LogP contribution in [0.3, 0.4) is 0 Å². The highest BCUT2D eigenvalue weighted by molar-refractivity contribution is 7.89. The number of hydrogen-bond donors (Lipinski definition) is 1. The van der Waals surface area contributed by atoms with E-state index < -0.39 is 15.9 Å². The van der Waals surface area contributed by atoms with Crippen LogP contribution in [0.5, 0.6) is 0 Å². The molecule has 2 heterocycles. The highest BCUT2D eigenvalue weighted by Gasteiger charge is 2.37. The van der Waals surface area contributed by atoms with Crippen molar-refractivity contribution in [1.29, 1.82) is 0 Å². The standard InChI is InChI=1S/C22H30N4O4S/c1-15-8-9-16(2)19(13-15)23-22(27)18-7-6-11-26(14-18)31(28,29)21-17(3)24-30-20(21)10-12-25(4)5/h8-10,12-13,18H,6-7,11,14H2,1-5H3,(H,23,27)/b12-10+/t18-/m0/s1. The first-order valence-corrected chi connectivity index (χ1v) is 11.7. The smallest absolute Gasteiger partial charge is 0.248 e. The summed E-state index contributed by atoms with van der Waals surface area (Å²) in [5.41, 5.74) is 3.09. The van der Waals surface area contributed by atoms with Gasteiger partial charge in [0.1, 0.15) is 5.69 Å². The Morgan fingerprint density at radius 1 is 1.29 bits per heavy atom. The van der Waals surface area contributed by atoms with Gasteiger partial charge in [0.25, 0.3) is 0 Å². The van der Waals surface area contributed by atoms with Crippen molar-refractivity contribution >= 4 is 27.7 Å². The molecule has 0 saturated carbocycles. The zero-order valence-electron chi connectivity index (χ0n) is 18.7. The van der Waals surface area contributed by atoms with Gasteiger partial charge < -0.3 is 14.7 Å². The molecule has 1 saturated heterocycles. The zero-order chi connectivity index (χ0) is 22.8. The number of nitrogens with zero attached hydrogens (tertiary/aromatic N) is 3. The van der Waals surface area contributed by atoms with Crippen molar-refractivity contribution in [3.63, 3.8) is 0 Å². The van der Waals surface area contributed by atoms with Crippen LogP contribution in [0.2, 0.25) is 0 Å². The molecule has 1 fully saturated rings. The average Bonchev–Trinajstić information content (AvgIpc) is 3.10. The Balaban J connectivity index is 1.81. The molecule has 1 aliphatic heterocycles. The maximum Gasteiger partial charge on any atom is 0.248 e. The van der Waals surface area contributed by atoms with Gasteiger partial charge in [-0.3, -0.25) is 4.79 Å². The van der Waals surface area contributed by atoms with Gasteiger partial charge in [-0.25, -0.2) is 8.42 Å². The molecule has 31 heavy (non-hydrogen) atoms. The first-order chi connectivity index (χ1) is 14.6. The van der Waals surface area contributed by atoms with Crippen LogP contribution in [0.25, 0.3) is 6.08 Å². The third-order valence-electron chi connectivity index (χ3n) is 5.36. The molecule has 0 bridgehead atoms. The fraction of sp³-hybridized carbons (Fsp3) is 0.455. The fourth-order valence-corrected chi connectivity index (χ4v) is 5.40. The van der Waals surface area contributed by atoms with E-state index in [0.29, 0.717) is 25.1 Å². The molecule has 2 aromatic rings. The van der Waals surface area contributed by atoms with Crippen molar-refractivity contribution in [2.24, 2.45) is 5.92 Å². The van der Waals surface area contributed by atoms with Crippen LogP contribution in [0.15, 0.2) is 33.8 Å². The molecule has 3 rings (SSSR count). The maximum atomic E-state index is 13.4. The number of anilines is 1. The quantitative estimate of drug-likeness (QED) is 0.732. The molecular formula is C22H30N4O4S. The number of amides is 1. The largest absolute Gasteiger partial charge is 0.383 e. The second-order valence-electron chi connectivity index (χ2n) is 8.25. The number of piperidine rings is 1. The molecule has 1 aromatic heterocycles. The highest BCUT2D eigenvalue weighted by atomic mass is 32.2. The first kappa shape index (κ1) is 23.0. The van der Waals surface area contributed by atoms with E-state index in [-0.39, 0.29) is 23.1 Å². The zero-order valence-corrected chi connectivity index (χ0v) is 19.5.